The fraction of sp³-hybridized carbons (Fsp3) is 0.600. The molecule has 0 atom stereocenters. The van der Waals surface area contributed by atoms with Crippen LogP contribution >= 0.6 is 27.5 Å². The van der Waals surface area contributed by atoms with E-state index in [1.165, 1.54) is 38.2 Å². The second kappa shape index (κ2) is 7.61. The van der Waals surface area contributed by atoms with Crippen molar-refractivity contribution in [2.75, 3.05) is 11.9 Å². The minimum Gasteiger partial charge on any atom is -0.295 e. The highest BCUT2D eigenvalue weighted by Crippen LogP contribution is 2.25. The normalized spacial score (nSPS) is 17.1. The van der Waals surface area contributed by atoms with Crippen molar-refractivity contribution in [3.05, 3.63) is 34.6 Å². The van der Waals surface area contributed by atoms with Gasteiger partial charge in [0.2, 0.25) is 0 Å². The Balaban J connectivity index is 2.08. The van der Waals surface area contributed by atoms with Gasteiger partial charge in [0.15, 0.2) is 0 Å². The topological polar surface area (TPSA) is 3.24 Å². The Morgan fingerprint density at radius 1 is 1.26 bits per heavy atom. The van der Waals surface area contributed by atoms with Crippen LogP contribution in [-0.2, 0) is 6.54 Å². The molecule has 1 aromatic carbocycles. The molecular formula is C15H20BrClFN. The smallest absolute Gasteiger partial charge is 0.127 e. The average molecular weight is 349 g/mol. The third-order valence-corrected chi connectivity index (χ3v) is 4.43. The summed E-state index contributed by atoms with van der Waals surface area (Å²) in [4.78, 5) is 2.39. The number of benzene rings is 1. The summed E-state index contributed by atoms with van der Waals surface area (Å²) in [5.41, 5.74) is 0.707. The first kappa shape index (κ1) is 15.3. The molecule has 1 aromatic rings. The molecule has 0 aliphatic heterocycles. The van der Waals surface area contributed by atoms with Crippen LogP contribution < -0.4 is 0 Å². The van der Waals surface area contributed by atoms with Crippen LogP contribution in [0.15, 0.2) is 18.2 Å². The first-order valence-corrected chi connectivity index (χ1v) is 8.44. The van der Waals surface area contributed by atoms with Crippen molar-refractivity contribution in [2.24, 2.45) is 0 Å². The molecule has 0 bridgehead atoms. The molecule has 1 saturated carbocycles. The SMILES string of the molecule is Fc1ccc(Cl)cc1CN(CCBr)C1CCCCC1. The number of alkyl halides is 1. The summed E-state index contributed by atoms with van der Waals surface area (Å²) < 4.78 is 13.8. The third-order valence-electron chi connectivity index (χ3n) is 3.84. The van der Waals surface area contributed by atoms with E-state index in [1.807, 2.05) is 0 Å². The molecule has 0 spiro atoms. The predicted molar refractivity (Wildman–Crippen MR) is 82.5 cm³/mol. The molecule has 0 amide bonds. The van der Waals surface area contributed by atoms with Crippen LogP contribution in [0, 0.1) is 5.82 Å². The summed E-state index contributed by atoms with van der Waals surface area (Å²) in [5, 5.41) is 1.53. The first-order chi connectivity index (χ1) is 9.20. The Morgan fingerprint density at radius 3 is 2.68 bits per heavy atom. The molecule has 0 unspecified atom stereocenters. The van der Waals surface area contributed by atoms with Crippen LogP contribution in [0.5, 0.6) is 0 Å². The van der Waals surface area contributed by atoms with Gasteiger partial charge in [-0.2, -0.15) is 0 Å². The number of nitrogens with zero attached hydrogens (tertiary/aromatic N) is 1. The van der Waals surface area contributed by atoms with Crippen LogP contribution in [0.1, 0.15) is 37.7 Å². The van der Waals surface area contributed by atoms with Gasteiger partial charge in [-0.05, 0) is 31.0 Å². The van der Waals surface area contributed by atoms with Gasteiger partial charge in [0.25, 0.3) is 0 Å². The molecule has 1 nitrogen and oxygen atoms in total. The second-order valence-corrected chi connectivity index (χ2v) is 6.42. The zero-order valence-electron chi connectivity index (χ0n) is 11.0. The van der Waals surface area contributed by atoms with Gasteiger partial charge in [0.05, 0.1) is 0 Å². The summed E-state index contributed by atoms with van der Waals surface area (Å²) >= 11 is 9.47. The molecule has 0 aromatic heterocycles. The third kappa shape index (κ3) is 4.44. The van der Waals surface area contributed by atoms with Gasteiger partial charge in [-0.1, -0.05) is 46.8 Å². The molecule has 19 heavy (non-hydrogen) atoms. The average Bonchev–Trinajstić information content (AvgIpc) is 2.43. The molecule has 1 aliphatic rings. The molecule has 1 aliphatic carbocycles. The summed E-state index contributed by atoms with van der Waals surface area (Å²) in [5.74, 6) is -0.153. The Morgan fingerprint density at radius 2 is 2.00 bits per heavy atom. The van der Waals surface area contributed by atoms with E-state index < -0.39 is 0 Å². The van der Waals surface area contributed by atoms with E-state index in [9.17, 15) is 4.39 Å². The first-order valence-electron chi connectivity index (χ1n) is 6.94. The van der Waals surface area contributed by atoms with Crippen molar-refractivity contribution in [2.45, 2.75) is 44.7 Å². The van der Waals surface area contributed by atoms with Crippen molar-refractivity contribution in [3.8, 4) is 0 Å². The lowest BCUT2D eigenvalue weighted by Gasteiger charge is -2.34. The maximum Gasteiger partial charge on any atom is 0.127 e. The van der Waals surface area contributed by atoms with Crippen molar-refractivity contribution in [3.63, 3.8) is 0 Å². The number of hydrogen-bond acceptors (Lipinski definition) is 1. The van der Waals surface area contributed by atoms with Gasteiger partial charge in [-0.15, -0.1) is 0 Å². The van der Waals surface area contributed by atoms with Crippen LogP contribution in [-0.4, -0.2) is 22.8 Å². The predicted octanol–water partition coefficient (Wildman–Crippen LogP) is 5.01. The van der Waals surface area contributed by atoms with Gasteiger partial charge in [-0.3, -0.25) is 4.90 Å². The lowest BCUT2D eigenvalue weighted by atomic mass is 9.94. The molecule has 106 valence electrons. The molecule has 0 N–H and O–H groups in total. The fourth-order valence-electron chi connectivity index (χ4n) is 2.83. The van der Waals surface area contributed by atoms with E-state index in [0.717, 1.165) is 11.9 Å². The van der Waals surface area contributed by atoms with E-state index in [1.54, 1.807) is 12.1 Å². The monoisotopic (exact) mass is 347 g/mol. The summed E-state index contributed by atoms with van der Waals surface area (Å²) in [6, 6.07) is 5.41. The largest absolute Gasteiger partial charge is 0.295 e. The zero-order chi connectivity index (χ0) is 13.7. The highest BCUT2D eigenvalue weighted by atomic mass is 79.9. The van der Waals surface area contributed by atoms with E-state index in [0.29, 0.717) is 23.2 Å². The van der Waals surface area contributed by atoms with Crippen LogP contribution in [0.25, 0.3) is 0 Å². The van der Waals surface area contributed by atoms with Gasteiger partial charge < -0.3 is 0 Å². The molecule has 0 radical (unpaired) electrons. The Labute approximate surface area is 128 Å². The summed E-state index contributed by atoms with van der Waals surface area (Å²) in [7, 11) is 0. The Kier molecular flexibility index (Phi) is 6.11. The quantitative estimate of drug-likeness (QED) is 0.676. The molecule has 1 fully saturated rings. The minimum absolute atomic E-state index is 0.153. The Bertz CT molecular complexity index is 407. The van der Waals surface area contributed by atoms with Gasteiger partial charge >= 0.3 is 0 Å². The van der Waals surface area contributed by atoms with Crippen LogP contribution in [0.3, 0.4) is 0 Å². The highest BCUT2D eigenvalue weighted by molar-refractivity contribution is 9.09. The lowest BCUT2D eigenvalue weighted by molar-refractivity contribution is 0.156. The van der Waals surface area contributed by atoms with E-state index in [2.05, 4.69) is 20.8 Å². The molecule has 0 heterocycles. The van der Waals surface area contributed by atoms with Crippen LogP contribution in [0.4, 0.5) is 4.39 Å². The van der Waals surface area contributed by atoms with Crippen molar-refractivity contribution in [1.29, 1.82) is 0 Å². The molecule has 0 saturated heterocycles. The minimum atomic E-state index is -0.153. The van der Waals surface area contributed by atoms with Gasteiger partial charge in [-0.25, -0.2) is 4.39 Å². The molecular weight excluding hydrogens is 329 g/mol. The molecule has 4 heteroatoms. The van der Waals surface area contributed by atoms with E-state index in [-0.39, 0.29) is 5.82 Å². The fourth-order valence-corrected chi connectivity index (χ4v) is 3.48. The maximum atomic E-state index is 13.8. The van der Waals surface area contributed by atoms with Gasteiger partial charge in [0.1, 0.15) is 5.82 Å². The van der Waals surface area contributed by atoms with Crippen molar-refractivity contribution in [1.82, 2.24) is 4.90 Å². The number of hydrogen-bond donors (Lipinski definition) is 0. The van der Waals surface area contributed by atoms with E-state index in [4.69, 9.17) is 11.6 Å². The number of halogens is 3. The second-order valence-electron chi connectivity index (χ2n) is 5.19. The standard InChI is InChI=1S/C15H20BrClFN/c16-8-9-19(14-4-2-1-3-5-14)11-12-10-13(17)6-7-15(12)18/h6-7,10,14H,1-5,8-9,11H2. The summed E-state index contributed by atoms with van der Waals surface area (Å²) in [6.45, 7) is 1.61. The van der Waals surface area contributed by atoms with Gasteiger partial charge in [0, 0.05) is 35.0 Å². The van der Waals surface area contributed by atoms with Crippen molar-refractivity contribution >= 4 is 27.5 Å². The summed E-state index contributed by atoms with van der Waals surface area (Å²) in [6.07, 6.45) is 6.39. The van der Waals surface area contributed by atoms with Crippen LogP contribution in [0.2, 0.25) is 5.02 Å². The number of rotatable bonds is 5. The maximum absolute atomic E-state index is 13.8. The zero-order valence-corrected chi connectivity index (χ0v) is 13.4. The lowest BCUT2D eigenvalue weighted by Crippen LogP contribution is -2.37. The van der Waals surface area contributed by atoms with Crippen molar-refractivity contribution < 1.29 is 4.39 Å². The van der Waals surface area contributed by atoms with E-state index >= 15 is 0 Å². The highest BCUT2D eigenvalue weighted by Gasteiger charge is 2.21. The molecule has 2 rings (SSSR count). The Hall–Kier alpha value is -0.120.